The van der Waals surface area contributed by atoms with E-state index in [9.17, 15) is 19.7 Å². The summed E-state index contributed by atoms with van der Waals surface area (Å²) in [5, 5.41) is 29.5. The number of aromatic nitrogens is 2. The number of carboxylic acids is 1. The SMILES string of the molecule is CN1CCN(c2ccc(C(=O)Nc3n[nH]c4cc(C(=O)O)oc34)c([N+](=O)[O-])c2)CC1. The van der Waals surface area contributed by atoms with E-state index in [4.69, 9.17) is 9.52 Å². The van der Waals surface area contributed by atoms with Crippen LogP contribution in [-0.4, -0.2) is 70.2 Å². The summed E-state index contributed by atoms with van der Waals surface area (Å²) < 4.78 is 5.17. The number of benzene rings is 1. The van der Waals surface area contributed by atoms with E-state index in [1.165, 1.54) is 18.2 Å². The topological polar surface area (TPSA) is 158 Å². The number of carbonyl (C=O) groups excluding carboxylic acids is 1. The summed E-state index contributed by atoms with van der Waals surface area (Å²) in [5.41, 5.74) is 0.520. The van der Waals surface area contributed by atoms with Crippen molar-refractivity contribution in [3.8, 4) is 0 Å². The molecular weight excluding hydrogens is 396 g/mol. The van der Waals surface area contributed by atoms with E-state index in [1.54, 1.807) is 6.07 Å². The fourth-order valence-electron chi connectivity index (χ4n) is 3.31. The third-order valence-corrected chi connectivity index (χ3v) is 4.97. The normalized spacial score (nSPS) is 14.8. The number of fused-ring (bicyclic) bond motifs is 1. The Morgan fingerprint density at radius 1 is 1.27 bits per heavy atom. The zero-order chi connectivity index (χ0) is 21.4. The molecule has 2 aromatic heterocycles. The van der Waals surface area contributed by atoms with Crippen LogP contribution in [0.25, 0.3) is 11.1 Å². The molecule has 3 aromatic rings. The lowest BCUT2D eigenvalue weighted by Crippen LogP contribution is -2.44. The average molecular weight is 414 g/mol. The number of rotatable bonds is 5. The van der Waals surface area contributed by atoms with Gasteiger partial charge in [0.1, 0.15) is 11.1 Å². The van der Waals surface area contributed by atoms with E-state index in [2.05, 4.69) is 20.4 Å². The number of hydrogen-bond donors (Lipinski definition) is 3. The molecule has 0 spiro atoms. The Balaban J connectivity index is 1.60. The Labute approximate surface area is 169 Å². The van der Waals surface area contributed by atoms with Gasteiger partial charge in [0.25, 0.3) is 11.6 Å². The zero-order valence-electron chi connectivity index (χ0n) is 15.9. The summed E-state index contributed by atoms with van der Waals surface area (Å²) in [6, 6.07) is 5.68. The summed E-state index contributed by atoms with van der Waals surface area (Å²) in [6.45, 7) is 3.14. The number of amides is 1. The smallest absolute Gasteiger partial charge is 0.371 e. The third-order valence-electron chi connectivity index (χ3n) is 4.97. The summed E-state index contributed by atoms with van der Waals surface area (Å²) in [6.07, 6.45) is 0. The highest BCUT2D eigenvalue weighted by Crippen LogP contribution is 2.29. The molecule has 0 radical (unpaired) electrons. The molecule has 1 aliphatic heterocycles. The molecule has 3 N–H and O–H groups in total. The molecule has 1 aliphatic rings. The van der Waals surface area contributed by atoms with Crippen LogP contribution in [0.4, 0.5) is 17.2 Å². The van der Waals surface area contributed by atoms with Gasteiger partial charge in [0.05, 0.1) is 4.92 Å². The van der Waals surface area contributed by atoms with Crippen LogP contribution in [0.5, 0.6) is 0 Å². The number of aromatic amines is 1. The van der Waals surface area contributed by atoms with Crippen molar-refractivity contribution in [3.05, 3.63) is 45.7 Å². The highest BCUT2D eigenvalue weighted by molar-refractivity contribution is 6.09. The lowest BCUT2D eigenvalue weighted by atomic mass is 10.1. The van der Waals surface area contributed by atoms with Crippen LogP contribution in [0.2, 0.25) is 0 Å². The molecule has 1 fully saturated rings. The number of furan rings is 1. The van der Waals surface area contributed by atoms with Gasteiger partial charge in [-0.3, -0.25) is 20.0 Å². The first kappa shape index (κ1) is 19.4. The Morgan fingerprint density at radius 3 is 2.67 bits per heavy atom. The van der Waals surface area contributed by atoms with Gasteiger partial charge in [-0.25, -0.2) is 4.79 Å². The number of nitro groups is 1. The van der Waals surface area contributed by atoms with Crippen LogP contribution in [0.1, 0.15) is 20.9 Å². The molecule has 12 heteroatoms. The minimum absolute atomic E-state index is 0.0393. The third kappa shape index (κ3) is 3.55. The van der Waals surface area contributed by atoms with Gasteiger partial charge in [0, 0.05) is 44.0 Å². The molecule has 0 atom stereocenters. The maximum Gasteiger partial charge on any atom is 0.371 e. The number of carboxylic acid groups (broad SMARTS) is 1. The molecular formula is C18H18N6O6. The van der Waals surface area contributed by atoms with Crippen LogP contribution in [0.15, 0.2) is 28.7 Å². The standard InChI is InChI=1S/C18H18N6O6/c1-22-4-6-23(7-5-22)10-2-3-11(13(8-10)24(28)29)17(25)19-16-15-12(20-21-16)9-14(30-15)18(26)27/h2-3,8-9H,4-7H2,1H3,(H,26,27)(H2,19,20,21,25). The number of likely N-dealkylation sites (N-methyl/N-ethyl adjacent to an activating group) is 1. The highest BCUT2D eigenvalue weighted by Gasteiger charge is 2.25. The number of anilines is 2. The number of nitrogens with one attached hydrogen (secondary N) is 2. The second-order valence-electron chi connectivity index (χ2n) is 6.93. The van der Waals surface area contributed by atoms with Gasteiger partial charge in [0.15, 0.2) is 11.4 Å². The molecule has 1 saturated heterocycles. The number of piperazine rings is 1. The van der Waals surface area contributed by atoms with Crippen molar-refractivity contribution in [2.24, 2.45) is 0 Å². The molecule has 0 unspecified atom stereocenters. The molecule has 0 saturated carbocycles. The highest BCUT2D eigenvalue weighted by atomic mass is 16.6. The molecule has 156 valence electrons. The maximum absolute atomic E-state index is 12.7. The number of H-pyrrole nitrogens is 1. The Kier molecular flexibility index (Phi) is 4.83. The first-order chi connectivity index (χ1) is 14.3. The van der Waals surface area contributed by atoms with Crippen molar-refractivity contribution in [2.75, 3.05) is 43.4 Å². The van der Waals surface area contributed by atoms with E-state index in [0.717, 1.165) is 26.2 Å². The quantitative estimate of drug-likeness (QED) is 0.418. The van der Waals surface area contributed by atoms with Crippen molar-refractivity contribution in [1.29, 1.82) is 0 Å². The number of nitrogens with zero attached hydrogens (tertiary/aromatic N) is 4. The number of hydrogen-bond acceptors (Lipinski definition) is 8. The molecule has 30 heavy (non-hydrogen) atoms. The minimum Gasteiger partial charge on any atom is -0.475 e. The molecule has 1 amide bonds. The summed E-state index contributed by atoms with van der Waals surface area (Å²) >= 11 is 0. The zero-order valence-corrected chi connectivity index (χ0v) is 15.9. The van der Waals surface area contributed by atoms with E-state index in [-0.39, 0.29) is 33.9 Å². The molecule has 0 bridgehead atoms. The second-order valence-corrected chi connectivity index (χ2v) is 6.93. The molecule has 4 rings (SSSR count). The molecule has 1 aromatic carbocycles. The largest absolute Gasteiger partial charge is 0.475 e. The monoisotopic (exact) mass is 414 g/mol. The van der Waals surface area contributed by atoms with Crippen LogP contribution in [0, 0.1) is 10.1 Å². The second kappa shape index (κ2) is 7.48. The lowest BCUT2D eigenvalue weighted by molar-refractivity contribution is -0.385. The van der Waals surface area contributed by atoms with Gasteiger partial charge in [-0.2, -0.15) is 5.10 Å². The van der Waals surface area contributed by atoms with E-state index < -0.39 is 16.8 Å². The van der Waals surface area contributed by atoms with Gasteiger partial charge < -0.3 is 24.6 Å². The Morgan fingerprint density at radius 2 is 2.00 bits per heavy atom. The molecule has 12 nitrogen and oxygen atoms in total. The van der Waals surface area contributed by atoms with Crippen LogP contribution < -0.4 is 10.2 Å². The van der Waals surface area contributed by atoms with E-state index in [0.29, 0.717) is 5.69 Å². The van der Waals surface area contributed by atoms with Gasteiger partial charge >= 0.3 is 5.97 Å². The average Bonchev–Trinajstić information content (AvgIpc) is 3.30. The predicted molar refractivity (Wildman–Crippen MR) is 106 cm³/mol. The van der Waals surface area contributed by atoms with Gasteiger partial charge in [-0.1, -0.05) is 0 Å². The van der Waals surface area contributed by atoms with Crippen LogP contribution >= 0.6 is 0 Å². The fourth-order valence-corrected chi connectivity index (χ4v) is 3.31. The van der Waals surface area contributed by atoms with Crippen molar-refractivity contribution in [3.63, 3.8) is 0 Å². The number of aromatic carboxylic acids is 1. The summed E-state index contributed by atoms with van der Waals surface area (Å²) in [7, 11) is 2.01. The minimum atomic E-state index is -1.27. The van der Waals surface area contributed by atoms with Crippen molar-refractivity contribution in [1.82, 2.24) is 15.1 Å². The van der Waals surface area contributed by atoms with Gasteiger partial charge in [-0.05, 0) is 19.2 Å². The summed E-state index contributed by atoms with van der Waals surface area (Å²) in [4.78, 5) is 38.9. The van der Waals surface area contributed by atoms with Gasteiger partial charge in [0.2, 0.25) is 5.76 Å². The van der Waals surface area contributed by atoms with E-state index >= 15 is 0 Å². The first-order valence-electron chi connectivity index (χ1n) is 9.08. The van der Waals surface area contributed by atoms with Crippen molar-refractivity contribution in [2.45, 2.75) is 0 Å². The predicted octanol–water partition coefficient (Wildman–Crippen LogP) is 1.77. The Bertz CT molecular complexity index is 1140. The van der Waals surface area contributed by atoms with Crippen LogP contribution in [-0.2, 0) is 0 Å². The lowest BCUT2D eigenvalue weighted by Gasteiger charge is -2.34. The molecule has 3 heterocycles. The van der Waals surface area contributed by atoms with Crippen molar-refractivity contribution >= 4 is 40.2 Å². The van der Waals surface area contributed by atoms with Crippen molar-refractivity contribution < 1.29 is 24.0 Å². The fraction of sp³-hybridized carbons (Fsp3) is 0.278. The first-order valence-corrected chi connectivity index (χ1v) is 9.08. The van der Waals surface area contributed by atoms with Crippen LogP contribution in [0.3, 0.4) is 0 Å². The van der Waals surface area contributed by atoms with Gasteiger partial charge in [-0.15, -0.1) is 0 Å². The summed E-state index contributed by atoms with van der Waals surface area (Å²) in [5.74, 6) is -2.41. The maximum atomic E-state index is 12.7. The number of nitro benzene ring substituents is 1. The number of carbonyl (C=O) groups is 2. The van der Waals surface area contributed by atoms with E-state index in [1.807, 2.05) is 11.9 Å². The Hall–Kier alpha value is -3.93. The molecule has 0 aliphatic carbocycles.